The maximum absolute atomic E-state index is 13.1. The highest BCUT2D eigenvalue weighted by Gasteiger charge is 2.33. The van der Waals surface area contributed by atoms with Crippen molar-refractivity contribution in [1.82, 2.24) is 0 Å². The van der Waals surface area contributed by atoms with Crippen LogP contribution in [0.25, 0.3) is 11.1 Å². The van der Waals surface area contributed by atoms with Gasteiger partial charge in [0.2, 0.25) is 10.0 Å². The molecule has 0 spiro atoms. The van der Waals surface area contributed by atoms with Crippen LogP contribution in [0.15, 0.2) is 30.3 Å². The predicted molar refractivity (Wildman–Crippen MR) is 142 cm³/mol. The van der Waals surface area contributed by atoms with E-state index in [-0.39, 0.29) is 11.7 Å². The molecule has 2 N–H and O–H groups in total. The number of benzene rings is 2. The lowest BCUT2D eigenvalue weighted by Crippen LogP contribution is -2.29. The molecule has 1 aliphatic carbocycles. The van der Waals surface area contributed by atoms with Crippen LogP contribution in [-0.4, -0.2) is 30.8 Å². The first-order chi connectivity index (χ1) is 16.3. The molecule has 1 unspecified atom stereocenters. The number of carbonyl (C=O) groups is 1. The molecule has 0 saturated heterocycles. The van der Waals surface area contributed by atoms with E-state index >= 15 is 0 Å². The zero-order chi connectivity index (χ0) is 26.0. The Bertz CT molecular complexity index is 1160. The van der Waals surface area contributed by atoms with E-state index in [0.29, 0.717) is 27.4 Å². The average molecular weight is 522 g/mol. The Balaban J connectivity index is 2.13. The molecule has 0 radical (unpaired) electrons. The van der Waals surface area contributed by atoms with Crippen LogP contribution in [0.4, 0.5) is 5.69 Å². The topological polar surface area (TPSA) is 92.7 Å². The molecular formula is C27H36ClNO5S. The number of aliphatic carboxylic acids is 1. The highest BCUT2D eigenvalue weighted by atomic mass is 35.5. The monoisotopic (exact) mass is 521 g/mol. The van der Waals surface area contributed by atoms with Gasteiger partial charge in [-0.1, -0.05) is 43.0 Å². The number of hydrogen-bond donors (Lipinski definition) is 2. The number of aryl methyl sites for hydroxylation is 1. The van der Waals surface area contributed by atoms with Gasteiger partial charge in [0.15, 0.2) is 6.10 Å². The molecule has 35 heavy (non-hydrogen) atoms. The van der Waals surface area contributed by atoms with E-state index < -0.39 is 27.7 Å². The van der Waals surface area contributed by atoms with E-state index in [0.717, 1.165) is 43.2 Å². The van der Waals surface area contributed by atoms with Crippen molar-refractivity contribution < 1.29 is 23.1 Å². The Morgan fingerprint density at radius 2 is 1.74 bits per heavy atom. The van der Waals surface area contributed by atoms with Gasteiger partial charge in [0.05, 0.1) is 17.0 Å². The third-order valence-corrected chi connectivity index (χ3v) is 8.06. The molecule has 0 aromatic heterocycles. The molecule has 192 valence electrons. The molecule has 1 fully saturated rings. The third-order valence-electron chi connectivity index (χ3n) is 6.37. The van der Waals surface area contributed by atoms with Gasteiger partial charge in [0, 0.05) is 10.6 Å². The minimum absolute atomic E-state index is 0.0700. The fourth-order valence-electron chi connectivity index (χ4n) is 4.84. The van der Waals surface area contributed by atoms with Crippen molar-refractivity contribution in [3.8, 4) is 11.1 Å². The van der Waals surface area contributed by atoms with E-state index in [4.69, 9.17) is 16.3 Å². The summed E-state index contributed by atoms with van der Waals surface area (Å²) < 4.78 is 35.0. The number of ether oxygens (including phenoxy) is 1. The summed E-state index contributed by atoms with van der Waals surface area (Å²) in [7, 11) is -3.61. The predicted octanol–water partition coefficient (Wildman–Crippen LogP) is 6.89. The molecule has 3 rings (SSSR count). The minimum Gasteiger partial charge on any atom is -0.479 e. The van der Waals surface area contributed by atoms with Crippen molar-refractivity contribution in [3.63, 3.8) is 0 Å². The van der Waals surface area contributed by atoms with Gasteiger partial charge in [-0.05, 0) is 93.8 Å². The number of rotatable bonds is 8. The molecule has 1 aliphatic rings. The first-order valence-electron chi connectivity index (χ1n) is 12.1. The molecule has 0 aliphatic heterocycles. The lowest BCUT2D eigenvalue weighted by Gasteiger charge is -2.30. The molecule has 1 atom stereocenters. The van der Waals surface area contributed by atoms with Gasteiger partial charge in [-0.15, -0.1) is 0 Å². The van der Waals surface area contributed by atoms with E-state index in [1.54, 1.807) is 45.9 Å². The first-order valence-corrected chi connectivity index (χ1v) is 14.1. The Morgan fingerprint density at radius 1 is 1.14 bits per heavy atom. The number of carboxylic acid groups (broad SMARTS) is 1. The van der Waals surface area contributed by atoms with Gasteiger partial charge in [-0.3, -0.25) is 4.72 Å². The molecule has 1 saturated carbocycles. The van der Waals surface area contributed by atoms with Crippen LogP contribution in [0.2, 0.25) is 5.02 Å². The lowest BCUT2D eigenvalue weighted by molar-refractivity contribution is -0.160. The molecule has 8 heteroatoms. The van der Waals surface area contributed by atoms with Crippen LogP contribution in [0.5, 0.6) is 0 Å². The first kappa shape index (κ1) is 27.5. The molecule has 0 heterocycles. The third kappa shape index (κ3) is 7.21. The zero-order valence-corrected chi connectivity index (χ0v) is 22.7. The smallest absolute Gasteiger partial charge is 0.337 e. The molecular weight excluding hydrogens is 486 g/mol. The van der Waals surface area contributed by atoms with Crippen LogP contribution >= 0.6 is 11.6 Å². The summed E-state index contributed by atoms with van der Waals surface area (Å²) in [6.45, 7) is 8.98. The van der Waals surface area contributed by atoms with Gasteiger partial charge < -0.3 is 9.84 Å². The van der Waals surface area contributed by atoms with Crippen molar-refractivity contribution in [3.05, 3.63) is 52.0 Å². The fourth-order valence-corrected chi connectivity index (χ4v) is 6.55. The number of nitrogens with one attached hydrogen (secondary N) is 1. The summed E-state index contributed by atoms with van der Waals surface area (Å²) in [5.74, 6) is -0.924. The SMILES string of the molecule is Cc1cc(NS(=O)(=O)CC2CCCCC2)c(C)c(C(OC(C)(C)C)C(=O)O)c1-c1ccc(Cl)cc1. The Morgan fingerprint density at radius 3 is 2.29 bits per heavy atom. The second-order valence-corrected chi connectivity index (χ2v) is 12.7. The second-order valence-electron chi connectivity index (χ2n) is 10.5. The summed E-state index contributed by atoms with van der Waals surface area (Å²) in [6.07, 6.45) is 3.82. The second kappa shape index (κ2) is 10.9. The molecule has 0 amide bonds. The Kier molecular flexibility index (Phi) is 8.56. The quantitative estimate of drug-likeness (QED) is 0.394. The van der Waals surface area contributed by atoms with Gasteiger partial charge in [-0.25, -0.2) is 13.2 Å². The number of hydrogen-bond acceptors (Lipinski definition) is 4. The van der Waals surface area contributed by atoms with Crippen LogP contribution in [0, 0.1) is 19.8 Å². The van der Waals surface area contributed by atoms with Crippen molar-refractivity contribution in [2.45, 2.75) is 78.4 Å². The van der Waals surface area contributed by atoms with Gasteiger partial charge in [0.1, 0.15) is 0 Å². The molecule has 2 aromatic rings. The van der Waals surface area contributed by atoms with Crippen molar-refractivity contribution in [1.29, 1.82) is 0 Å². The molecule has 2 aromatic carbocycles. The fraction of sp³-hybridized carbons (Fsp3) is 0.519. The molecule has 6 nitrogen and oxygen atoms in total. The standard InChI is InChI=1S/C27H36ClNO5S/c1-17-15-22(29-35(32,33)16-19-9-7-6-8-10-19)18(2)24(25(26(30)31)34-27(3,4)5)23(17)20-11-13-21(28)14-12-20/h11-15,19,25,29H,6-10,16H2,1-5H3,(H,30,31). The van der Waals surface area contributed by atoms with E-state index in [1.807, 2.05) is 19.1 Å². The number of sulfonamides is 1. The largest absolute Gasteiger partial charge is 0.479 e. The van der Waals surface area contributed by atoms with E-state index in [9.17, 15) is 18.3 Å². The Labute approximate surface area is 214 Å². The summed E-state index contributed by atoms with van der Waals surface area (Å²) >= 11 is 6.09. The summed E-state index contributed by atoms with van der Waals surface area (Å²) in [4.78, 5) is 12.5. The van der Waals surface area contributed by atoms with Crippen LogP contribution in [0.3, 0.4) is 0 Å². The summed E-state index contributed by atoms with van der Waals surface area (Å²) in [6, 6.07) is 8.93. The number of halogens is 1. The van der Waals surface area contributed by atoms with Crippen LogP contribution < -0.4 is 4.72 Å². The van der Waals surface area contributed by atoms with Gasteiger partial charge in [0.25, 0.3) is 0 Å². The highest BCUT2D eigenvalue weighted by molar-refractivity contribution is 7.92. The van der Waals surface area contributed by atoms with Crippen molar-refractivity contribution in [2.75, 3.05) is 10.5 Å². The van der Waals surface area contributed by atoms with Crippen LogP contribution in [-0.2, 0) is 19.6 Å². The van der Waals surface area contributed by atoms with Crippen LogP contribution in [0.1, 0.15) is 75.7 Å². The summed E-state index contributed by atoms with van der Waals surface area (Å²) in [5, 5.41) is 10.7. The normalized spacial score (nSPS) is 16.2. The number of carboxylic acids is 1. The van der Waals surface area contributed by atoms with Crippen molar-refractivity contribution >= 4 is 33.3 Å². The zero-order valence-electron chi connectivity index (χ0n) is 21.2. The minimum atomic E-state index is -3.61. The van der Waals surface area contributed by atoms with E-state index in [2.05, 4.69) is 4.72 Å². The summed E-state index contributed by atoms with van der Waals surface area (Å²) in [5.41, 5.74) is 2.84. The Hall–Kier alpha value is -2.09. The molecule has 0 bridgehead atoms. The van der Waals surface area contributed by atoms with Gasteiger partial charge >= 0.3 is 5.97 Å². The average Bonchev–Trinajstić information content (AvgIpc) is 2.74. The number of anilines is 1. The highest BCUT2D eigenvalue weighted by Crippen LogP contribution is 2.41. The van der Waals surface area contributed by atoms with E-state index in [1.165, 1.54) is 0 Å². The van der Waals surface area contributed by atoms with Gasteiger partial charge in [-0.2, -0.15) is 0 Å². The maximum Gasteiger partial charge on any atom is 0.337 e. The maximum atomic E-state index is 13.1. The lowest BCUT2D eigenvalue weighted by atomic mass is 9.87. The van der Waals surface area contributed by atoms with Crippen molar-refractivity contribution in [2.24, 2.45) is 5.92 Å².